The Morgan fingerprint density at radius 3 is 2.45 bits per heavy atom. The second-order valence-corrected chi connectivity index (χ2v) is 9.50. The number of aryl methyl sites for hydroxylation is 1. The number of amides is 1. The summed E-state index contributed by atoms with van der Waals surface area (Å²) in [7, 11) is -0.702. The third-order valence-electron chi connectivity index (χ3n) is 4.83. The number of halogens is 1. The summed E-state index contributed by atoms with van der Waals surface area (Å²) in [6, 6.07) is 18.3. The zero-order valence-electron chi connectivity index (χ0n) is 17.4. The molecular weight excluding hydrogens is 436 g/mol. The monoisotopic (exact) mass is 458 g/mol. The van der Waals surface area contributed by atoms with Crippen molar-refractivity contribution in [1.29, 1.82) is 0 Å². The van der Waals surface area contributed by atoms with E-state index in [9.17, 15) is 13.2 Å². The molecule has 31 heavy (non-hydrogen) atoms. The van der Waals surface area contributed by atoms with Crippen molar-refractivity contribution >= 4 is 33.2 Å². The van der Waals surface area contributed by atoms with Gasteiger partial charge in [0, 0.05) is 35.4 Å². The largest absolute Gasteiger partial charge is 0.496 e. The molecule has 0 unspecified atom stereocenters. The molecule has 0 saturated carbocycles. The number of benzene rings is 3. The Morgan fingerprint density at radius 1 is 1.06 bits per heavy atom. The molecule has 6 nitrogen and oxygen atoms in total. The lowest BCUT2D eigenvalue weighted by Crippen LogP contribution is -2.27. The minimum absolute atomic E-state index is 0.0394. The fourth-order valence-corrected chi connectivity index (χ4v) is 4.41. The van der Waals surface area contributed by atoms with E-state index in [1.54, 1.807) is 60.7 Å². The number of ether oxygens (including phenoxy) is 1. The van der Waals surface area contributed by atoms with E-state index in [1.807, 2.05) is 13.0 Å². The van der Waals surface area contributed by atoms with E-state index in [-0.39, 0.29) is 17.3 Å². The van der Waals surface area contributed by atoms with E-state index in [4.69, 9.17) is 16.3 Å². The molecular formula is C23H23ClN2O4S. The summed E-state index contributed by atoms with van der Waals surface area (Å²) in [6.07, 6.45) is 0. The lowest BCUT2D eigenvalue weighted by atomic mass is 10.1. The quantitative estimate of drug-likeness (QED) is 0.555. The molecule has 1 amide bonds. The van der Waals surface area contributed by atoms with Crippen LogP contribution in [0.2, 0.25) is 5.02 Å². The Kier molecular flexibility index (Phi) is 7.00. The number of nitrogens with one attached hydrogen (secondary N) is 1. The molecule has 0 radical (unpaired) electrons. The maximum atomic E-state index is 12.9. The second-order valence-electron chi connectivity index (χ2n) is 7.01. The number of nitrogens with zero attached hydrogens (tertiary/aromatic N) is 1. The number of anilines is 1. The molecule has 3 aromatic rings. The summed E-state index contributed by atoms with van der Waals surface area (Å²) in [5, 5.41) is 3.36. The number of methoxy groups -OCH3 is 1. The first-order valence-electron chi connectivity index (χ1n) is 9.48. The minimum Gasteiger partial charge on any atom is -0.496 e. The van der Waals surface area contributed by atoms with Gasteiger partial charge in [0.1, 0.15) is 5.75 Å². The molecule has 0 bridgehead atoms. The van der Waals surface area contributed by atoms with E-state index in [0.29, 0.717) is 27.6 Å². The van der Waals surface area contributed by atoms with Gasteiger partial charge in [-0.1, -0.05) is 35.9 Å². The van der Waals surface area contributed by atoms with Gasteiger partial charge < -0.3 is 10.1 Å². The Balaban J connectivity index is 1.87. The van der Waals surface area contributed by atoms with Gasteiger partial charge in [0.15, 0.2) is 0 Å². The Bertz CT molecular complexity index is 1200. The Hall–Kier alpha value is -2.87. The summed E-state index contributed by atoms with van der Waals surface area (Å²) in [5.41, 5.74) is 2.43. The van der Waals surface area contributed by atoms with Crippen LogP contribution < -0.4 is 10.1 Å². The van der Waals surface area contributed by atoms with Gasteiger partial charge in [0.2, 0.25) is 10.0 Å². The lowest BCUT2D eigenvalue weighted by molar-refractivity contribution is 0.102. The number of carbonyl (C=O) groups is 1. The smallest absolute Gasteiger partial charge is 0.255 e. The average molecular weight is 459 g/mol. The second kappa shape index (κ2) is 9.51. The molecule has 0 atom stereocenters. The molecule has 0 aromatic heterocycles. The van der Waals surface area contributed by atoms with Crippen LogP contribution in [0.15, 0.2) is 71.6 Å². The molecule has 0 saturated heterocycles. The van der Waals surface area contributed by atoms with Crippen LogP contribution in [-0.2, 0) is 16.6 Å². The standard InChI is InChI=1S/C23H23ClN2O4S/c1-16-9-11-19(24)14-21(16)25-23(27)17-10-12-22(30-3)18(13-17)15-26(2)31(28,29)20-7-5-4-6-8-20/h4-14H,15H2,1-3H3,(H,25,27). The maximum Gasteiger partial charge on any atom is 0.255 e. The van der Waals surface area contributed by atoms with Crippen LogP contribution in [0.3, 0.4) is 0 Å². The van der Waals surface area contributed by atoms with E-state index in [2.05, 4.69) is 5.32 Å². The third kappa shape index (κ3) is 5.25. The fraction of sp³-hybridized carbons (Fsp3) is 0.174. The first kappa shape index (κ1) is 22.8. The van der Waals surface area contributed by atoms with Crippen molar-refractivity contribution < 1.29 is 17.9 Å². The SMILES string of the molecule is COc1ccc(C(=O)Nc2cc(Cl)ccc2C)cc1CN(C)S(=O)(=O)c1ccccc1. The van der Waals surface area contributed by atoms with Crippen LogP contribution in [0.1, 0.15) is 21.5 Å². The van der Waals surface area contributed by atoms with E-state index < -0.39 is 10.0 Å². The Labute approximate surface area is 187 Å². The van der Waals surface area contributed by atoms with Gasteiger partial charge >= 0.3 is 0 Å². The van der Waals surface area contributed by atoms with Gasteiger partial charge in [-0.05, 0) is 55.0 Å². The van der Waals surface area contributed by atoms with Gasteiger partial charge in [0.05, 0.1) is 12.0 Å². The fourth-order valence-electron chi connectivity index (χ4n) is 3.06. The highest BCUT2D eigenvalue weighted by atomic mass is 35.5. The van der Waals surface area contributed by atoms with Crippen LogP contribution in [0.4, 0.5) is 5.69 Å². The van der Waals surface area contributed by atoms with Crippen molar-refractivity contribution in [3.63, 3.8) is 0 Å². The van der Waals surface area contributed by atoms with Gasteiger partial charge in [0.25, 0.3) is 5.91 Å². The highest BCUT2D eigenvalue weighted by Crippen LogP contribution is 2.26. The van der Waals surface area contributed by atoms with E-state index in [0.717, 1.165) is 5.56 Å². The molecule has 0 aliphatic rings. The topological polar surface area (TPSA) is 75.7 Å². The van der Waals surface area contributed by atoms with Gasteiger partial charge in [-0.3, -0.25) is 4.79 Å². The van der Waals surface area contributed by atoms with Crippen LogP contribution >= 0.6 is 11.6 Å². The molecule has 0 heterocycles. The summed E-state index contributed by atoms with van der Waals surface area (Å²) in [5.74, 6) is 0.161. The summed E-state index contributed by atoms with van der Waals surface area (Å²) in [4.78, 5) is 13.0. The number of rotatable bonds is 7. The van der Waals surface area contributed by atoms with Crippen molar-refractivity contribution in [3.05, 3.63) is 88.4 Å². The summed E-state index contributed by atoms with van der Waals surface area (Å²) in [6.45, 7) is 1.91. The van der Waals surface area contributed by atoms with Gasteiger partial charge in [-0.15, -0.1) is 0 Å². The molecule has 3 aromatic carbocycles. The minimum atomic E-state index is -3.69. The average Bonchev–Trinajstić information content (AvgIpc) is 2.76. The molecule has 0 aliphatic heterocycles. The first-order valence-corrected chi connectivity index (χ1v) is 11.3. The molecule has 0 fully saturated rings. The highest BCUT2D eigenvalue weighted by molar-refractivity contribution is 7.89. The van der Waals surface area contributed by atoms with Gasteiger partial charge in [-0.2, -0.15) is 4.31 Å². The number of hydrogen-bond acceptors (Lipinski definition) is 4. The predicted octanol–water partition coefficient (Wildman–Crippen LogP) is 4.73. The first-order chi connectivity index (χ1) is 14.7. The molecule has 3 rings (SSSR count). The number of carbonyl (C=O) groups excluding carboxylic acids is 1. The van der Waals surface area contributed by atoms with E-state index in [1.165, 1.54) is 18.5 Å². The van der Waals surface area contributed by atoms with Crippen LogP contribution in [0, 0.1) is 6.92 Å². The number of sulfonamides is 1. The van der Waals surface area contributed by atoms with Crippen molar-refractivity contribution in [3.8, 4) is 5.75 Å². The normalized spacial score (nSPS) is 11.4. The number of hydrogen-bond donors (Lipinski definition) is 1. The zero-order valence-corrected chi connectivity index (χ0v) is 19.0. The molecule has 0 spiro atoms. The van der Waals surface area contributed by atoms with Crippen molar-refractivity contribution in [2.75, 3.05) is 19.5 Å². The van der Waals surface area contributed by atoms with Crippen molar-refractivity contribution in [1.82, 2.24) is 4.31 Å². The molecule has 1 N–H and O–H groups in total. The maximum absolute atomic E-state index is 12.9. The van der Waals surface area contributed by atoms with Crippen LogP contribution in [0.5, 0.6) is 5.75 Å². The Morgan fingerprint density at radius 2 is 1.77 bits per heavy atom. The molecule has 8 heteroatoms. The highest BCUT2D eigenvalue weighted by Gasteiger charge is 2.22. The van der Waals surface area contributed by atoms with Gasteiger partial charge in [-0.25, -0.2) is 8.42 Å². The van der Waals surface area contributed by atoms with Crippen LogP contribution in [-0.4, -0.2) is 32.8 Å². The summed E-state index contributed by atoms with van der Waals surface area (Å²) < 4.78 is 32.3. The molecule has 0 aliphatic carbocycles. The zero-order chi connectivity index (χ0) is 22.6. The van der Waals surface area contributed by atoms with E-state index >= 15 is 0 Å². The van der Waals surface area contributed by atoms with Crippen molar-refractivity contribution in [2.24, 2.45) is 0 Å². The lowest BCUT2D eigenvalue weighted by Gasteiger charge is -2.19. The summed E-state index contributed by atoms with van der Waals surface area (Å²) >= 11 is 6.03. The van der Waals surface area contributed by atoms with Crippen LogP contribution in [0.25, 0.3) is 0 Å². The third-order valence-corrected chi connectivity index (χ3v) is 6.89. The van der Waals surface area contributed by atoms with Crippen molar-refractivity contribution in [2.45, 2.75) is 18.4 Å². The predicted molar refractivity (Wildman–Crippen MR) is 122 cm³/mol. The molecule has 162 valence electrons.